The molecule has 0 aliphatic carbocycles. The van der Waals surface area contributed by atoms with Crippen LogP contribution in [-0.4, -0.2) is 18.4 Å². The summed E-state index contributed by atoms with van der Waals surface area (Å²) >= 11 is 0. The number of hydrogen-bond acceptors (Lipinski definition) is 3. The first-order chi connectivity index (χ1) is 15.2. The number of amides is 2. The third-order valence-corrected chi connectivity index (χ3v) is 5.14. The van der Waals surface area contributed by atoms with Gasteiger partial charge in [0.05, 0.1) is 0 Å². The molecule has 0 spiro atoms. The van der Waals surface area contributed by atoms with E-state index in [2.05, 4.69) is 38.3 Å². The van der Waals surface area contributed by atoms with Crippen molar-refractivity contribution in [2.75, 3.05) is 17.2 Å². The third kappa shape index (κ3) is 6.45. The molecule has 0 heterocycles. The molecule has 5 nitrogen and oxygen atoms in total. The Bertz CT molecular complexity index is 1050. The van der Waals surface area contributed by atoms with Crippen LogP contribution in [0.3, 0.4) is 0 Å². The average molecular weight is 431 g/mol. The van der Waals surface area contributed by atoms with E-state index in [1.54, 1.807) is 24.3 Å². The van der Waals surface area contributed by atoms with Gasteiger partial charge >= 0.3 is 0 Å². The van der Waals surface area contributed by atoms with Crippen molar-refractivity contribution in [1.29, 1.82) is 0 Å². The van der Waals surface area contributed by atoms with Crippen LogP contribution in [0.15, 0.2) is 72.8 Å². The lowest BCUT2D eigenvalue weighted by Gasteiger charge is -2.19. The monoisotopic (exact) mass is 430 g/mol. The molecule has 0 atom stereocenters. The van der Waals surface area contributed by atoms with E-state index < -0.39 is 0 Å². The number of rotatable bonds is 7. The number of carbonyl (C=O) groups excluding carboxylic acids is 2. The Labute approximate surface area is 189 Å². The minimum atomic E-state index is -0.250. The van der Waals surface area contributed by atoms with E-state index in [0.717, 1.165) is 6.42 Å². The molecule has 0 unspecified atom stereocenters. The fourth-order valence-electron chi connectivity index (χ4n) is 3.13. The highest BCUT2D eigenvalue weighted by molar-refractivity contribution is 6.04. The summed E-state index contributed by atoms with van der Waals surface area (Å²) < 4.78 is 5.53. The molecule has 5 heteroatoms. The fourth-order valence-corrected chi connectivity index (χ4v) is 3.13. The Hall–Kier alpha value is -3.60. The van der Waals surface area contributed by atoms with Gasteiger partial charge in [0.1, 0.15) is 5.75 Å². The Kier molecular flexibility index (Phi) is 7.31. The highest BCUT2D eigenvalue weighted by Crippen LogP contribution is 2.22. The minimum absolute atomic E-state index is 0.0417. The standard InChI is InChI=1S/C27H30N2O3/c1-5-19-6-16-24(17-7-19)32-18-25(30)28-22-12-14-23(15-13-22)29-26(31)20-8-10-21(11-9-20)27(2,3)4/h6-17H,5,18H2,1-4H3,(H,28,30)(H,29,31). The molecule has 166 valence electrons. The molecule has 0 aromatic heterocycles. The lowest BCUT2D eigenvalue weighted by atomic mass is 9.87. The molecule has 0 bridgehead atoms. The van der Waals surface area contributed by atoms with E-state index in [9.17, 15) is 9.59 Å². The first-order valence-corrected chi connectivity index (χ1v) is 10.8. The molecular formula is C27H30N2O3. The molecular weight excluding hydrogens is 400 g/mol. The van der Waals surface area contributed by atoms with Gasteiger partial charge in [0.2, 0.25) is 0 Å². The Morgan fingerprint density at radius 2 is 1.34 bits per heavy atom. The fraction of sp³-hybridized carbons (Fsp3) is 0.259. The van der Waals surface area contributed by atoms with E-state index in [1.807, 2.05) is 48.5 Å². The van der Waals surface area contributed by atoms with Gasteiger partial charge in [-0.3, -0.25) is 9.59 Å². The van der Waals surface area contributed by atoms with Gasteiger partial charge in [-0.2, -0.15) is 0 Å². The third-order valence-electron chi connectivity index (χ3n) is 5.14. The number of aryl methyl sites for hydroxylation is 1. The molecule has 0 saturated carbocycles. The summed E-state index contributed by atoms with van der Waals surface area (Å²) in [6.07, 6.45) is 0.959. The van der Waals surface area contributed by atoms with Crippen molar-refractivity contribution in [2.24, 2.45) is 0 Å². The zero-order valence-corrected chi connectivity index (χ0v) is 19.1. The van der Waals surface area contributed by atoms with Gasteiger partial charge in [0.25, 0.3) is 11.8 Å². The van der Waals surface area contributed by atoms with E-state index >= 15 is 0 Å². The number of hydrogen-bond donors (Lipinski definition) is 2. The van der Waals surface area contributed by atoms with Crippen LogP contribution in [-0.2, 0) is 16.6 Å². The summed E-state index contributed by atoms with van der Waals surface area (Å²) in [5, 5.41) is 5.67. The number of nitrogens with one attached hydrogen (secondary N) is 2. The molecule has 0 fully saturated rings. The second kappa shape index (κ2) is 10.1. The van der Waals surface area contributed by atoms with Crippen LogP contribution in [0.4, 0.5) is 11.4 Å². The van der Waals surface area contributed by atoms with E-state index in [1.165, 1.54) is 11.1 Å². The molecule has 0 aliphatic heterocycles. The van der Waals surface area contributed by atoms with Crippen LogP contribution in [0.5, 0.6) is 5.75 Å². The summed E-state index contributed by atoms with van der Waals surface area (Å²) in [5.41, 5.74) is 4.32. The summed E-state index contributed by atoms with van der Waals surface area (Å²) in [4.78, 5) is 24.6. The molecule has 0 saturated heterocycles. The van der Waals surface area contributed by atoms with Gasteiger partial charge in [0, 0.05) is 16.9 Å². The van der Waals surface area contributed by atoms with Crippen LogP contribution in [0, 0.1) is 0 Å². The summed E-state index contributed by atoms with van der Waals surface area (Å²) in [5.74, 6) is 0.232. The molecule has 3 aromatic rings. The maximum absolute atomic E-state index is 12.5. The minimum Gasteiger partial charge on any atom is -0.484 e. The first kappa shape index (κ1) is 23.1. The highest BCUT2D eigenvalue weighted by Gasteiger charge is 2.14. The van der Waals surface area contributed by atoms with Gasteiger partial charge < -0.3 is 15.4 Å². The molecule has 2 N–H and O–H groups in total. The summed E-state index contributed by atoms with van der Waals surface area (Å²) in [7, 11) is 0. The quantitative estimate of drug-likeness (QED) is 0.497. The van der Waals surface area contributed by atoms with Crippen molar-refractivity contribution in [3.63, 3.8) is 0 Å². The van der Waals surface area contributed by atoms with Crippen LogP contribution < -0.4 is 15.4 Å². The summed E-state index contributed by atoms with van der Waals surface area (Å²) in [6.45, 7) is 8.42. The Balaban J connectivity index is 1.50. The lowest BCUT2D eigenvalue weighted by Crippen LogP contribution is -2.20. The zero-order valence-electron chi connectivity index (χ0n) is 19.1. The molecule has 0 radical (unpaired) electrons. The number of carbonyl (C=O) groups is 2. The van der Waals surface area contributed by atoms with Gasteiger partial charge in [0.15, 0.2) is 6.61 Å². The number of ether oxygens (including phenoxy) is 1. The van der Waals surface area contributed by atoms with Gasteiger partial charge in [-0.05, 0) is 71.5 Å². The Morgan fingerprint density at radius 3 is 1.88 bits per heavy atom. The zero-order chi connectivity index (χ0) is 23.1. The number of benzene rings is 3. The van der Waals surface area contributed by atoms with Crippen molar-refractivity contribution < 1.29 is 14.3 Å². The largest absolute Gasteiger partial charge is 0.484 e. The van der Waals surface area contributed by atoms with Crippen LogP contribution in [0.25, 0.3) is 0 Å². The number of anilines is 2. The maximum Gasteiger partial charge on any atom is 0.262 e. The second-order valence-corrected chi connectivity index (χ2v) is 8.69. The van der Waals surface area contributed by atoms with E-state index in [4.69, 9.17) is 4.74 Å². The van der Waals surface area contributed by atoms with Gasteiger partial charge in [-0.1, -0.05) is 52.0 Å². The van der Waals surface area contributed by atoms with Gasteiger partial charge in [-0.15, -0.1) is 0 Å². The van der Waals surface area contributed by atoms with E-state index in [0.29, 0.717) is 22.7 Å². The average Bonchev–Trinajstić information content (AvgIpc) is 2.79. The predicted octanol–water partition coefficient (Wildman–Crippen LogP) is 5.82. The molecule has 3 rings (SSSR count). The van der Waals surface area contributed by atoms with E-state index in [-0.39, 0.29) is 23.8 Å². The molecule has 32 heavy (non-hydrogen) atoms. The second-order valence-electron chi connectivity index (χ2n) is 8.69. The van der Waals surface area contributed by atoms with Crippen molar-refractivity contribution in [1.82, 2.24) is 0 Å². The first-order valence-electron chi connectivity index (χ1n) is 10.8. The highest BCUT2D eigenvalue weighted by atomic mass is 16.5. The van der Waals surface area contributed by atoms with Crippen LogP contribution in [0.1, 0.15) is 49.2 Å². The normalized spacial score (nSPS) is 11.0. The van der Waals surface area contributed by atoms with Crippen molar-refractivity contribution in [3.8, 4) is 5.75 Å². The van der Waals surface area contributed by atoms with Crippen LogP contribution in [0.2, 0.25) is 0 Å². The van der Waals surface area contributed by atoms with Crippen molar-refractivity contribution in [3.05, 3.63) is 89.5 Å². The maximum atomic E-state index is 12.5. The van der Waals surface area contributed by atoms with Crippen molar-refractivity contribution >= 4 is 23.2 Å². The van der Waals surface area contributed by atoms with Crippen molar-refractivity contribution in [2.45, 2.75) is 39.5 Å². The van der Waals surface area contributed by atoms with Gasteiger partial charge in [-0.25, -0.2) is 0 Å². The topological polar surface area (TPSA) is 67.4 Å². The molecule has 0 aliphatic rings. The smallest absolute Gasteiger partial charge is 0.262 e. The molecule has 2 amide bonds. The Morgan fingerprint density at radius 1 is 0.781 bits per heavy atom. The lowest BCUT2D eigenvalue weighted by molar-refractivity contribution is -0.118. The molecule has 3 aromatic carbocycles. The summed E-state index contributed by atoms with van der Waals surface area (Å²) in [6, 6.07) is 22.3. The van der Waals surface area contributed by atoms with Crippen LogP contribution >= 0.6 is 0 Å². The predicted molar refractivity (Wildman–Crippen MR) is 129 cm³/mol. The SMILES string of the molecule is CCc1ccc(OCC(=O)Nc2ccc(NC(=O)c3ccc(C(C)(C)C)cc3)cc2)cc1.